The monoisotopic (exact) mass is 299 g/mol. The first-order valence-corrected chi connectivity index (χ1v) is 7.51. The van der Waals surface area contributed by atoms with E-state index in [1.165, 1.54) is 5.56 Å². The molecule has 0 spiro atoms. The SMILES string of the molecule is CNc1nc(C)cc(N[C@H]2COC[C@H]2Cc2ccncc2)n1. The predicted octanol–water partition coefficient (Wildman–Crippen LogP) is 1.89. The number of aromatic nitrogens is 3. The Balaban J connectivity index is 1.70. The third-order valence-corrected chi connectivity index (χ3v) is 3.86. The lowest BCUT2D eigenvalue weighted by Crippen LogP contribution is -2.29. The van der Waals surface area contributed by atoms with Gasteiger partial charge in [0.1, 0.15) is 5.82 Å². The Hall–Kier alpha value is -2.21. The number of pyridine rings is 1. The van der Waals surface area contributed by atoms with Gasteiger partial charge in [0.25, 0.3) is 0 Å². The molecule has 0 saturated carbocycles. The summed E-state index contributed by atoms with van der Waals surface area (Å²) in [6, 6.07) is 6.34. The molecule has 0 bridgehead atoms. The summed E-state index contributed by atoms with van der Waals surface area (Å²) >= 11 is 0. The van der Waals surface area contributed by atoms with Gasteiger partial charge >= 0.3 is 0 Å². The molecule has 22 heavy (non-hydrogen) atoms. The first-order valence-electron chi connectivity index (χ1n) is 7.51. The molecule has 2 atom stereocenters. The second kappa shape index (κ2) is 6.70. The molecule has 1 saturated heterocycles. The maximum atomic E-state index is 5.66. The number of hydrogen-bond donors (Lipinski definition) is 2. The number of nitrogens with zero attached hydrogens (tertiary/aromatic N) is 3. The fourth-order valence-corrected chi connectivity index (χ4v) is 2.73. The molecule has 1 aliphatic rings. The summed E-state index contributed by atoms with van der Waals surface area (Å²) in [5.41, 5.74) is 2.22. The highest BCUT2D eigenvalue weighted by Crippen LogP contribution is 2.22. The van der Waals surface area contributed by atoms with Crippen LogP contribution in [-0.4, -0.2) is 41.3 Å². The normalized spacial score (nSPS) is 20.8. The zero-order valence-corrected chi connectivity index (χ0v) is 12.9. The summed E-state index contributed by atoms with van der Waals surface area (Å²) in [6.07, 6.45) is 4.64. The molecule has 3 heterocycles. The van der Waals surface area contributed by atoms with E-state index in [0.717, 1.165) is 24.5 Å². The topological polar surface area (TPSA) is 72.0 Å². The summed E-state index contributed by atoms with van der Waals surface area (Å²) in [7, 11) is 1.82. The van der Waals surface area contributed by atoms with E-state index in [1.54, 1.807) is 0 Å². The van der Waals surface area contributed by atoms with Gasteiger partial charge in [0.15, 0.2) is 0 Å². The van der Waals surface area contributed by atoms with Crippen LogP contribution in [0, 0.1) is 12.8 Å². The molecule has 0 aliphatic carbocycles. The highest BCUT2D eigenvalue weighted by molar-refractivity contribution is 5.43. The van der Waals surface area contributed by atoms with Gasteiger partial charge in [-0.2, -0.15) is 4.98 Å². The Morgan fingerprint density at radius 2 is 2.05 bits per heavy atom. The first-order chi connectivity index (χ1) is 10.7. The Kier molecular flexibility index (Phi) is 4.48. The van der Waals surface area contributed by atoms with Crippen molar-refractivity contribution in [3.05, 3.63) is 41.9 Å². The van der Waals surface area contributed by atoms with Crippen LogP contribution in [0.2, 0.25) is 0 Å². The van der Waals surface area contributed by atoms with Gasteiger partial charge in [-0.3, -0.25) is 4.98 Å². The van der Waals surface area contributed by atoms with Gasteiger partial charge in [-0.05, 0) is 31.0 Å². The van der Waals surface area contributed by atoms with Crippen molar-refractivity contribution in [3.63, 3.8) is 0 Å². The van der Waals surface area contributed by atoms with Crippen LogP contribution in [0.1, 0.15) is 11.3 Å². The van der Waals surface area contributed by atoms with E-state index in [9.17, 15) is 0 Å². The molecule has 2 aromatic rings. The number of nitrogens with one attached hydrogen (secondary N) is 2. The highest BCUT2D eigenvalue weighted by Gasteiger charge is 2.28. The van der Waals surface area contributed by atoms with Crippen molar-refractivity contribution in [1.82, 2.24) is 15.0 Å². The fourth-order valence-electron chi connectivity index (χ4n) is 2.73. The van der Waals surface area contributed by atoms with E-state index in [0.29, 0.717) is 18.5 Å². The Morgan fingerprint density at radius 1 is 1.23 bits per heavy atom. The minimum absolute atomic E-state index is 0.257. The van der Waals surface area contributed by atoms with E-state index >= 15 is 0 Å². The average Bonchev–Trinajstić information content (AvgIpc) is 2.94. The fraction of sp³-hybridized carbons (Fsp3) is 0.438. The lowest BCUT2D eigenvalue weighted by molar-refractivity contribution is 0.185. The summed E-state index contributed by atoms with van der Waals surface area (Å²) in [6.45, 7) is 3.43. The molecule has 3 rings (SSSR count). The molecule has 0 aromatic carbocycles. The van der Waals surface area contributed by atoms with Crippen LogP contribution in [0.25, 0.3) is 0 Å². The molecule has 2 N–H and O–H groups in total. The second-order valence-electron chi connectivity index (χ2n) is 5.58. The molecule has 0 radical (unpaired) electrons. The standard InChI is InChI=1S/C16H21N5O/c1-11-7-15(21-16(17-2)19-11)20-14-10-22-9-13(14)8-12-3-5-18-6-4-12/h3-7,13-14H,8-10H2,1-2H3,(H2,17,19,20,21)/t13-,14+/m1/s1. The minimum Gasteiger partial charge on any atom is -0.379 e. The smallest absolute Gasteiger partial charge is 0.224 e. The van der Waals surface area contributed by atoms with Crippen LogP contribution in [0.5, 0.6) is 0 Å². The molecule has 0 amide bonds. The maximum Gasteiger partial charge on any atom is 0.224 e. The molecular weight excluding hydrogens is 278 g/mol. The predicted molar refractivity (Wildman–Crippen MR) is 86.0 cm³/mol. The van der Waals surface area contributed by atoms with Crippen LogP contribution in [0.4, 0.5) is 11.8 Å². The van der Waals surface area contributed by atoms with E-state index in [2.05, 4.69) is 37.7 Å². The molecular formula is C16H21N5O. The molecule has 6 nitrogen and oxygen atoms in total. The maximum absolute atomic E-state index is 5.66. The minimum atomic E-state index is 0.257. The van der Waals surface area contributed by atoms with Gasteiger partial charge in [0.2, 0.25) is 5.95 Å². The zero-order chi connectivity index (χ0) is 15.4. The van der Waals surface area contributed by atoms with Crippen LogP contribution < -0.4 is 10.6 Å². The molecule has 1 fully saturated rings. The van der Waals surface area contributed by atoms with Gasteiger partial charge in [-0.15, -0.1) is 0 Å². The Bertz CT molecular complexity index is 619. The van der Waals surface area contributed by atoms with Crippen LogP contribution in [-0.2, 0) is 11.2 Å². The van der Waals surface area contributed by atoms with Crippen LogP contribution in [0.3, 0.4) is 0 Å². The quantitative estimate of drug-likeness (QED) is 0.878. The molecule has 1 aliphatic heterocycles. The van der Waals surface area contributed by atoms with Crippen molar-refractivity contribution in [3.8, 4) is 0 Å². The lowest BCUT2D eigenvalue weighted by Gasteiger charge is -2.20. The summed E-state index contributed by atoms with van der Waals surface area (Å²) in [5, 5.41) is 6.48. The van der Waals surface area contributed by atoms with Crippen LogP contribution in [0.15, 0.2) is 30.6 Å². The van der Waals surface area contributed by atoms with E-state index in [1.807, 2.05) is 32.4 Å². The number of ether oxygens (including phenoxy) is 1. The molecule has 116 valence electrons. The van der Waals surface area contributed by atoms with Crippen molar-refractivity contribution >= 4 is 11.8 Å². The Morgan fingerprint density at radius 3 is 2.82 bits per heavy atom. The third-order valence-electron chi connectivity index (χ3n) is 3.86. The van der Waals surface area contributed by atoms with Crippen molar-refractivity contribution in [2.45, 2.75) is 19.4 Å². The highest BCUT2D eigenvalue weighted by atomic mass is 16.5. The average molecular weight is 299 g/mol. The van der Waals surface area contributed by atoms with Crippen molar-refractivity contribution in [2.24, 2.45) is 5.92 Å². The number of anilines is 2. The van der Waals surface area contributed by atoms with E-state index in [-0.39, 0.29) is 6.04 Å². The third kappa shape index (κ3) is 3.51. The first kappa shape index (κ1) is 14.7. The summed E-state index contributed by atoms with van der Waals surface area (Å²) in [4.78, 5) is 12.8. The summed E-state index contributed by atoms with van der Waals surface area (Å²) in [5.74, 6) is 1.90. The van der Waals surface area contributed by atoms with Crippen molar-refractivity contribution < 1.29 is 4.74 Å². The number of hydrogen-bond acceptors (Lipinski definition) is 6. The van der Waals surface area contributed by atoms with Gasteiger partial charge in [0, 0.05) is 37.1 Å². The zero-order valence-electron chi connectivity index (χ0n) is 12.9. The second-order valence-corrected chi connectivity index (χ2v) is 5.58. The van der Waals surface area contributed by atoms with Crippen molar-refractivity contribution in [1.29, 1.82) is 0 Å². The van der Waals surface area contributed by atoms with Gasteiger partial charge in [-0.1, -0.05) is 0 Å². The molecule has 0 unspecified atom stereocenters. The van der Waals surface area contributed by atoms with Gasteiger partial charge < -0.3 is 15.4 Å². The number of rotatable bonds is 5. The van der Waals surface area contributed by atoms with E-state index < -0.39 is 0 Å². The molecule has 2 aromatic heterocycles. The Labute approximate surface area is 130 Å². The van der Waals surface area contributed by atoms with E-state index in [4.69, 9.17) is 4.74 Å². The molecule has 6 heteroatoms. The largest absolute Gasteiger partial charge is 0.379 e. The summed E-state index contributed by atoms with van der Waals surface area (Å²) < 4.78 is 5.66. The number of aryl methyl sites for hydroxylation is 1. The van der Waals surface area contributed by atoms with Crippen LogP contribution >= 0.6 is 0 Å². The van der Waals surface area contributed by atoms with Gasteiger partial charge in [-0.25, -0.2) is 4.98 Å². The lowest BCUT2D eigenvalue weighted by atomic mass is 9.95. The van der Waals surface area contributed by atoms with Gasteiger partial charge in [0.05, 0.1) is 19.3 Å². The van der Waals surface area contributed by atoms with Crippen molar-refractivity contribution in [2.75, 3.05) is 30.9 Å².